The summed E-state index contributed by atoms with van der Waals surface area (Å²) >= 11 is 0. The minimum Gasteiger partial charge on any atom is -0.496 e. The lowest BCUT2D eigenvalue weighted by Gasteiger charge is -2.12. The molecule has 0 bridgehead atoms. The SMILES string of the molecule is COC(=Cc1ccc(N)cc1S(=O)(=O)O)c1ccc(N)cc1S(=O)(=O)O. The van der Waals surface area contributed by atoms with Crippen molar-refractivity contribution in [1.82, 2.24) is 0 Å². The minimum atomic E-state index is -4.64. The van der Waals surface area contributed by atoms with E-state index in [0.717, 1.165) is 12.1 Å². The molecule has 26 heavy (non-hydrogen) atoms. The Morgan fingerprint density at radius 1 is 0.923 bits per heavy atom. The van der Waals surface area contributed by atoms with E-state index in [9.17, 15) is 25.9 Å². The molecule has 0 saturated heterocycles. The predicted octanol–water partition coefficient (Wildman–Crippen LogP) is 1.49. The number of rotatable bonds is 5. The van der Waals surface area contributed by atoms with Gasteiger partial charge in [-0.1, -0.05) is 6.07 Å². The zero-order valence-corrected chi connectivity index (χ0v) is 15.1. The van der Waals surface area contributed by atoms with Crippen LogP contribution < -0.4 is 11.5 Å². The molecule has 0 unspecified atom stereocenters. The van der Waals surface area contributed by atoms with Gasteiger partial charge in [0.15, 0.2) is 0 Å². The van der Waals surface area contributed by atoms with Crippen molar-refractivity contribution in [2.45, 2.75) is 9.79 Å². The van der Waals surface area contributed by atoms with Crippen LogP contribution in [-0.2, 0) is 25.0 Å². The van der Waals surface area contributed by atoms with Gasteiger partial charge in [0.25, 0.3) is 20.2 Å². The Morgan fingerprint density at radius 3 is 1.92 bits per heavy atom. The molecule has 9 nitrogen and oxygen atoms in total. The molecule has 0 radical (unpaired) electrons. The van der Waals surface area contributed by atoms with Crippen molar-refractivity contribution in [3.8, 4) is 0 Å². The van der Waals surface area contributed by atoms with Gasteiger partial charge in [0.05, 0.1) is 7.11 Å². The first kappa shape index (κ1) is 19.7. The lowest BCUT2D eigenvalue weighted by Crippen LogP contribution is -2.06. The van der Waals surface area contributed by atoms with Crippen molar-refractivity contribution in [3.05, 3.63) is 47.5 Å². The van der Waals surface area contributed by atoms with Crippen LogP contribution in [0.3, 0.4) is 0 Å². The molecule has 0 spiro atoms. The summed E-state index contributed by atoms with van der Waals surface area (Å²) in [6.07, 6.45) is 1.18. The second-order valence-electron chi connectivity index (χ2n) is 5.22. The van der Waals surface area contributed by atoms with Crippen molar-refractivity contribution >= 4 is 43.4 Å². The van der Waals surface area contributed by atoms with Crippen LogP contribution in [-0.4, -0.2) is 33.1 Å². The van der Waals surface area contributed by atoms with Gasteiger partial charge >= 0.3 is 0 Å². The van der Waals surface area contributed by atoms with Crippen LogP contribution in [0.15, 0.2) is 46.2 Å². The summed E-state index contributed by atoms with van der Waals surface area (Å²) in [4.78, 5) is -1.01. The van der Waals surface area contributed by atoms with Gasteiger partial charge in [0.1, 0.15) is 15.6 Å². The van der Waals surface area contributed by atoms with Crippen LogP contribution in [0, 0.1) is 0 Å². The molecule has 0 aliphatic rings. The molecule has 0 aliphatic heterocycles. The third kappa shape index (κ3) is 4.32. The fourth-order valence-electron chi connectivity index (χ4n) is 2.24. The maximum absolute atomic E-state index is 11.6. The normalized spacial score (nSPS) is 12.8. The fourth-order valence-corrected chi connectivity index (χ4v) is 3.68. The number of nitrogens with two attached hydrogens (primary N) is 2. The molecule has 0 aromatic heterocycles. The molecule has 0 fully saturated rings. The van der Waals surface area contributed by atoms with E-state index >= 15 is 0 Å². The standard InChI is InChI=1S/C15H16N2O7S2/c1-24-13(12-5-4-11(17)8-15(12)26(21,22)23)6-9-2-3-10(16)7-14(9)25(18,19)20/h2-8H,16-17H2,1H3,(H,18,19,20)(H,21,22,23). The average molecular weight is 400 g/mol. The van der Waals surface area contributed by atoms with E-state index in [1.165, 1.54) is 37.5 Å². The van der Waals surface area contributed by atoms with Gasteiger partial charge in [-0.3, -0.25) is 9.11 Å². The molecule has 11 heteroatoms. The van der Waals surface area contributed by atoms with Crippen molar-refractivity contribution in [2.24, 2.45) is 0 Å². The Kier molecular flexibility index (Phi) is 5.28. The smallest absolute Gasteiger partial charge is 0.295 e. The van der Waals surface area contributed by atoms with Crippen LogP contribution in [0.25, 0.3) is 11.8 Å². The van der Waals surface area contributed by atoms with Gasteiger partial charge in [-0.05, 0) is 42.0 Å². The monoisotopic (exact) mass is 400 g/mol. The van der Waals surface area contributed by atoms with Gasteiger partial charge in [0, 0.05) is 16.9 Å². The van der Waals surface area contributed by atoms with Crippen LogP contribution in [0.2, 0.25) is 0 Å². The third-order valence-corrected chi connectivity index (χ3v) is 5.17. The topological polar surface area (TPSA) is 170 Å². The summed E-state index contributed by atoms with van der Waals surface area (Å²) in [5, 5.41) is 0. The van der Waals surface area contributed by atoms with Crippen LogP contribution in [0.1, 0.15) is 11.1 Å². The summed E-state index contributed by atoms with van der Waals surface area (Å²) in [6, 6.07) is 7.44. The van der Waals surface area contributed by atoms with E-state index in [4.69, 9.17) is 16.2 Å². The summed E-state index contributed by atoms with van der Waals surface area (Å²) in [7, 11) is -8.02. The Hall–Kier alpha value is -2.60. The lowest BCUT2D eigenvalue weighted by molar-refractivity contribution is 0.371. The number of anilines is 2. The van der Waals surface area contributed by atoms with Crippen molar-refractivity contribution in [2.75, 3.05) is 18.6 Å². The second-order valence-corrected chi connectivity index (χ2v) is 8.00. The first-order valence-electron chi connectivity index (χ1n) is 6.93. The highest BCUT2D eigenvalue weighted by Gasteiger charge is 2.21. The third-order valence-electron chi connectivity index (χ3n) is 3.37. The maximum Gasteiger partial charge on any atom is 0.295 e. The molecule has 0 amide bonds. The molecule has 2 aromatic rings. The lowest BCUT2D eigenvalue weighted by atomic mass is 10.1. The van der Waals surface area contributed by atoms with E-state index in [-0.39, 0.29) is 28.3 Å². The van der Waals surface area contributed by atoms with Gasteiger partial charge in [-0.25, -0.2) is 0 Å². The Balaban J connectivity index is 2.77. The van der Waals surface area contributed by atoms with Gasteiger partial charge in [-0.2, -0.15) is 16.8 Å². The first-order valence-corrected chi connectivity index (χ1v) is 9.81. The fraction of sp³-hybridized carbons (Fsp3) is 0.0667. The molecular formula is C15H16N2O7S2. The number of methoxy groups -OCH3 is 1. The molecule has 0 saturated carbocycles. The molecule has 140 valence electrons. The van der Waals surface area contributed by atoms with Crippen molar-refractivity contribution < 1.29 is 30.7 Å². The predicted molar refractivity (Wildman–Crippen MR) is 96.2 cm³/mol. The number of benzene rings is 2. The number of hydrogen-bond donors (Lipinski definition) is 4. The average Bonchev–Trinajstić information content (AvgIpc) is 2.52. The number of hydrogen-bond acceptors (Lipinski definition) is 7. The molecule has 0 aliphatic carbocycles. The van der Waals surface area contributed by atoms with Crippen molar-refractivity contribution in [1.29, 1.82) is 0 Å². The zero-order valence-electron chi connectivity index (χ0n) is 13.4. The Bertz CT molecular complexity index is 1090. The second kappa shape index (κ2) is 6.96. The van der Waals surface area contributed by atoms with E-state index in [1.54, 1.807) is 0 Å². The number of nitrogen functional groups attached to an aromatic ring is 2. The van der Waals surface area contributed by atoms with E-state index in [2.05, 4.69) is 0 Å². The van der Waals surface area contributed by atoms with Crippen LogP contribution >= 0.6 is 0 Å². The minimum absolute atomic E-state index is 0.00309. The molecule has 0 heterocycles. The maximum atomic E-state index is 11.6. The van der Waals surface area contributed by atoms with Crippen LogP contribution in [0.5, 0.6) is 0 Å². The van der Waals surface area contributed by atoms with Gasteiger partial charge < -0.3 is 16.2 Å². The zero-order chi connectivity index (χ0) is 19.7. The highest BCUT2D eigenvalue weighted by molar-refractivity contribution is 7.86. The molecule has 2 aromatic carbocycles. The van der Waals surface area contributed by atoms with Crippen LogP contribution in [0.4, 0.5) is 11.4 Å². The molecule has 2 rings (SSSR count). The van der Waals surface area contributed by atoms with Gasteiger partial charge in [0.2, 0.25) is 0 Å². The van der Waals surface area contributed by atoms with E-state index in [1.807, 2.05) is 0 Å². The van der Waals surface area contributed by atoms with Gasteiger partial charge in [-0.15, -0.1) is 0 Å². The summed E-state index contributed by atoms with van der Waals surface area (Å²) in [5.74, 6) is -0.0905. The van der Waals surface area contributed by atoms with Crippen molar-refractivity contribution in [3.63, 3.8) is 0 Å². The Labute approximate surface area is 150 Å². The summed E-state index contributed by atoms with van der Waals surface area (Å²) < 4.78 is 70.3. The molecule has 0 atom stereocenters. The first-order chi connectivity index (χ1) is 11.9. The van der Waals surface area contributed by atoms with E-state index < -0.39 is 30.0 Å². The summed E-state index contributed by atoms with van der Waals surface area (Å²) in [5.41, 5.74) is 11.2. The van der Waals surface area contributed by atoms with E-state index in [0.29, 0.717) is 0 Å². The largest absolute Gasteiger partial charge is 0.496 e. The quantitative estimate of drug-likeness (QED) is 0.251. The highest BCUT2D eigenvalue weighted by atomic mass is 32.2. The summed E-state index contributed by atoms with van der Waals surface area (Å²) in [6.45, 7) is 0. The highest BCUT2D eigenvalue weighted by Crippen LogP contribution is 2.30. The Morgan fingerprint density at radius 2 is 1.42 bits per heavy atom. The number of ether oxygens (including phenoxy) is 1. The molecule has 6 N–H and O–H groups in total. The molecular weight excluding hydrogens is 384 g/mol.